The summed E-state index contributed by atoms with van der Waals surface area (Å²) in [7, 11) is 3.30. The fourth-order valence-corrected chi connectivity index (χ4v) is 3.15. The lowest BCUT2D eigenvalue weighted by atomic mass is 9.82. The van der Waals surface area contributed by atoms with Crippen molar-refractivity contribution < 1.29 is 14.2 Å². The molecule has 4 heteroatoms. The van der Waals surface area contributed by atoms with Crippen molar-refractivity contribution in [1.82, 2.24) is 0 Å². The Morgan fingerprint density at radius 3 is 2.32 bits per heavy atom. The van der Waals surface area contributed by atoms with E-state index in [4.69, 9.17) is 25.8 Å². The molecule has 0 amide bonds. The lowest BCUT2D eigenvalue weighted by Crippen LogP contribution is -2.33. The second-order valence-corrected chi connectivity index (χ2v) is 5.94. The van der Waals surface area contributed by atoms with E-state index in [0.717, 1.165) is 28.3 Å². The summed E-state index contributed by atoms with van der Waals surface area (Å²) < 4.78 is 17.0. The molecule has 116 valence electrons. The highest BCUT2D eigenvalue weighted by molar-refractivity contribution is 6.30. The molecular weight excluding hydrogens is 300 g/mol. The van der Waals surface area contributed by atoms with E-state index in [0.29, 0.717) is 12.4 Å². The molecule has 0 fully saturated rings. The zero-order chi connectivity index (χ0) is 15.7. The van der Waals surface area contributed by atoms with Gasteiger partial charge in [0.15, 0.2) is 11.5 Å². The number of hydrogen-bond donors (Lipinski definition) is 0. The molecule has 22 heavy (non-hydrogen) atoms. The third-order valence-electron chi connectivity index (χ3n) is 4.28. The number of halogens is 1. The van der Waals surface area contributed by atoms with E-state index in [1.807, 2.05) is 36.4 Å². The minimum absolute atomic E-state index is 0.516. The first-order valence-electron chi connectivity index (χ1n) is 7.24. The quantitative estimate of drug-likeness (QED) is 0.849. The molecule has 1 aliphatic rings. The standard InChI is InChI=1S/C18H19ClO3/c1-18(13-4-6-14(19)7-5-13)15-11-17(21-3)16(20-2)10-12(15)8-9-22-18/h4-7,10-11H,8-9H2,1-3H3/t18-/m1/s1. The van der Waals surface area contributed by atoms with Crippen molar-refractivity contribution in [2.24, 2.45) is 0 Å². The summed E-state index contributed by atoms with van der Waals surface area (Å²) in [4.78, 5) is 0. The third kappa shape index (κ3) is 2.44. The predicted molar refractivity (Wildman–Crippen MR) is 87.1 cm³/mol. The van der Waals surface area contributed by atoms with Gasteiger partial charge in [0.2, 0.25) is 0 Å². The number of ether oxygens (including phenoxy) is 3. The summed E-state index contributed by atoms with van der Waals surface area (Å²) in [5.41, 5.74) is 2.89. The molecule has 3 nitrogen and oxygen atoms in total. The molecule has 1 aliphatic heterocycles. The largest absolute Gasteiger partial charge is 0.493 e. The van der Waals surface area contributed by atoms with Crippen LogP contribution in [-0.2, 0) is 16.8 Å². The minimum Gasteiger partial charge on any atom is -0.493 e. The Morgan fingerprint density at radius 2 is 1.68 bits per heavy atom. The Bertz CT molecular complexity index is 681. The first kappa shape index (κ1) is 15.2. The van der Waals surface area contributed by atoms with Gasteiger partial charge >= 0.3 is 0 Å². The zero-order valence-electron chi connectivity index (χ0n) is 13.0. The topological polar surface area (TPSA) is 27.7 Å². The third-order valence-corrected chi connectivity index (χ3v) is 4.53. The van der Waals surface area contributed by atoms with Gasteiger partial charge in [0.05, 0.1) is 20.8 Å². The number of benzene rings is 2. The molecule has 3 rings (SSSR count). The molecule has 0 aromatic heterocycles. The van der Waals surface area contributed by atoms with Crippen molar-refractivity contribution >= 4 is 11.6 Å². The molecule has 0 saturated heterocycles. The molecule has 0 bridgehead atoms. The van der Waals surface area contributed by atoms with Gasteiger partial charge in [0, 0.05) is 5.02 Å². The molecular formula is C18H19ClO3. The van der Waals surface area contributed by atoms with Crippen LogP contribution in [0.5, 0.6) is 11.5 Å². The van der Waals surface area contributed by atoms with Gasteiger partial charge in [0.25, 0.3) is 0 Å². The van der Waals surface area contributed by atoms with Crippen molar-refractivity contribution in [2.75, 3.05) is 20.8 Å². The van der Waals surface area contributed by atoms with E-state index in [1.165, 1.54) is 5.56 Å². The second kappa shape index (κ2) is 5.82. The monoisotopic (exact) mass is 318 g/mol. The summed E-state index contributed by atoms with van der Waals surface area (Å²) >= 11 is 6.01. The van der Waals surface area contributed by atoms with Crippen molar-refractivity contribution in [3.63, 3.8) is 0 Å². The van der Waals surface area contributed by atoms with Crippen molar-refractivity contribution in [3.8, 4) is 11.5 Å². The highest BCUT2D eigenvalue weighted by atomic mass is 35.5. The Balaban J connectivity index is 2.15. The van der Waals surface area contributed by atoms with E-state index in [2.05, 4.69) is 6.92 Å². The molecule has 2 aromatic carbocycles. The molecule has 1 heterocycles. The van der Waals surface area contributed by atoms with Crippen LogP contribution in [0.15, 0.2) is 36.4 Å². The van der Waals surface area contributed by atoms with Gasteiger partial charge in [-0.2, -0.15) is 0 Å². The van der Waals surface area contributed by atoms with Gasteiger partial charge in [-0.3, -0.25) is 0 Å². The number of rotatable bonds is 3. The predicted octanol–water partition coefficient (Wildman–Crippen LogP) is 4.19. The molecule has 0 spiro atoms. The van der Waals surface area contributed by atoms with Crippen LogP contribution in [0.4, 0.5) is 0 Å². The van der Waals surface area contributed by atoms with Crippen LogP contribution in [0, 0.1) is 0 Å². The minimum atomic E-state index is -0.516. The summed E-state index contributed by atoms with van der Waals surface area (Å²) in [5, 5.41) is 0.718. The molecule has 2 aromatic rings. The van der Waals surface area contributed by atoms with Gasteiger partial charge in [-0.1, -0.05) is 23.7 Å². The van der Waals surface area contributed by atoms with Crippen molar-refractivity contribution in [3.05, 3.63) is 58.1 Å². The van der Waals surface area contributed by atoms with Gasteiger partial charge < -0.3 is 14.2 Å². The highest BCUT2D eigenvalue weighted by Gasteiger charge is 2.36. The van der Waals surface area contributed by atoms with Crippen LogP contribution in [0.2, 0.25) is 5.02 Å². The van der Waals surface area contributed by atoms with Gasteiger partial charge in [0.1, 0.15) is 5.60 Å². The average Bonchev–Trinajstić information content (AvgIpc) is 2.54. The molecule has 0 aliphatic carbocycles. The lowest BCUT2D eigenvalue weighted by Gasteiger charge is -2.37. The molecule has 1 atom stereocenters. The Hall–Kier alpha value is -1.71. The fourth-order valence-electron chi connectivity index (χ4n) is 3.02. The molecule has 0 N–H and O–H groups in total. The van der Waals surface area contributed by atoms with Crippen molar-refractivity contribution in [1.29, 1.82) is 0 Å². The fraction of sp³-hybridized carbons (Fsp3) is 0.333. The van der Waals surface area contributed by atoms with Crippen molar-refractivity contribution in [2.45, 2.75) is 18.9 Å². The molecule has 0 unspecified atom stereocenters. The second-order valence-electron chi connectivity index (χ2n) is 5.50. The lowest BCUT2D eigenvalue weighted by molar-refractivity contribution is -0.0143. The van der Waals surface area contributed by atoms with Crippen LogP contribution in [0.3, 0.4) is 0 Å². The van der Waals surface area contributed by atoms with E-state index in [1.54, 1.807) is 14.2 Å². The van der Waals surface area contributed by atoms with Crippen LogP contribution in [0.1, 0.15) is 23.6 Å². The normalized spacial score (nSPS) is 20.4. The maximum absolute atomic E-state index is 6.15. The zero-order valence-corrected chi connectivity index (χ0v) is 13.7. The average molecular weight is 319 g/mol. The molecule has 0 saturated carbocycles. The van der Waals surface area contributed by atoms with E-state index < -0.39 is 5.60 Å². The maximum atomic E-state index is 6.15. The maximum Gasteiger partial charge on any atom is 0.161 e. The van der Waals surface area contributed by atoms with E-state index in [9.17, 15) is 0 Å². The SMILES string of the molecule is COc1cc2c(cc1OC)[C@@](C)(c1ccc(Cl)cc1)OCC2. The summed E-state index contributed by atoms with van der Waals surface area (Å²) in [6, 6.07) is 11.9. The van der Waals surface area contributed by atoms with Gasteiger partial charge in [-0.25, -0.2) is 0 Å². The van der Waals surface area contributed by atoms with E-state index in [-0.39, 0.29) is 0 Å². The first-order chi connectivity index (χ1) is 10.6. The number of hydrogen-bond acceptors (Lipinski definition) is 3. The first-order valence-corrected chi connectivity index (χ1v) is 7.61. The number of fused-ring (bicyclic) bond motifs is 1. The van der Waals surface area contributed by atoms with Crippen LogP contribution < -0.4 is 9.47 Å². The summed E-state index contributed by atoms with van der Waals surface area (Å²) in [6.45, 7) is 2.75. The Morgan fingerprint density at radius 1 is 1.05 bits per heavy atom. The number of methoxy groups -OCH3 is 2. The van der Waals surface area contributed by atoms with Crippen LogP contribution >= 0.6 is 11.6 Å². The van der Waals surface area contributed by atoms with Gasteiger partial charge in [-0.15, -0.1) is 0 Å². The molecule has 0 radical (unpaired) electrons. The summed E-state index contributed by atoms with van der Waals surface area (Å²) in [6.07, 6.45) is 0.860. The highest BCUT2D eigenvalue weighted by Crippen LogP contribution is 2.43. The van der Waals surface area contributed by atoms with Crippen LogP contribution in [-0.4, -0.2) is 20.8 Å². The van der Waals surface area contributed by atoms with Gasteiger partial charge in [-0.05, 0) is 54.3 Å². The Labute approximate surface area is 135 Å². The Kier molecular flexibility index (Phi) is 4.02. The summed E-state index contributed by atoms with van der Waals surface area (Å²) in [5.74, 6) is 1.47. The smallest absolute Gasteiger partial charge is 0.161 e. The van der Waals surface area contributed by atoms with E-state index >= 15 is 0 Å². The van der Waals surface area contributed by atoms with Crippen LogP contribution in [0.25, 0.3) is 0 Å².